The smallest absolute Gasteiger partial charge is 0.338 e. The lowest BCUT2D eigenvalue weighted by atomic mass is 9.95. The number of ether oxygens (including phenoxy) is 2. The summed E-state index contributed by atoms with van der Waals surface area (Å²) in [4.78, 5) is 32.0. The summed E-state index contributed by atoms with van der Waals surface area (Å²) in [7, 11) is 0. The number of fused-ring (bicyclic) bond motifs is 1. The van der Waals surface area contributed by atoms with E-state index in [1.54, 1.807) is 19.9 Å². The van der Waals surface area contributed by atoms with Crippen LogP contribution in [0, 0.1) is 7.14 Å². The van der Waals surface area contributed by atoms with Gasteiger partial charge in [-0.05, 0) is 97.2 Å². The lowest BCUT2D eigenvalue weighted by Gasteiger charge is -2.26. The molecule has 188 valence electrons. The zero-order valence-corrected chi connectivity index (χ0v) is 25.2. The Morgan fingerprint density at radius 1 is 1.28 bits per heavy atom. The number of aromatic hydroxyl groups is 1. The SMILES string of the molecule is CCOC(=O)C1=C(C)N=c2s/c(=C/c3cc(I)cc(I)c3O)c(=O)n2[C@H]1c1ccccc1OC(C)C. The highest BCUT2D eigenvalue weighted by Crippen LogP contribution is 2.36. The molecular weight excluding hydrogens is 706 g/mol. The molecule has 7 nitrogen and oxygen atoms in total. The number of thiazole rings is 1. The van der Waals surface area contributed by atoms with Gasteiger partial charge in [0.05, 0.1) is 32.1 Å². The number of para-hydroxylation sites is 1. The van der Waals surface area contributed by atoms with Crippen molar-refractivity contribution in [1.29, 1.82) is 0 Å². The third kappa shape index (κ3) is 5.25. The fourth-order valence-electron chi connectivity index (χ4n) is 3.99. The van der Waals surface area contributed by atoms with Crippen LogP contribution in [-0.2, 0) is 9.53 Å². The fourth-order valence-corrected chi connectivity index (χ4v) is 6.92. The van der Waals surface area contributed by atoms with Crippen LogP contribution in [0.25, 0.3) is 6.08 Å². The van der Waals surface area contributed by atoms with Crippen molar-refractivity contribution in [2.24, 2.45) is 4.99 Å². The van der Waals surface area contributed by atoms with E-state index in [0.29, 0.717) is 41.1 Å². The molecule has 36 heavy (non-hydrogen) atoms. The first-order valence-corrected chi connectivity index (χ1v) is 14.2. The molecule has 0 amide bonds. The molecule has 0 spiro atoms. The third-order valence-corrected chi connectivity index (χ3v) is 7.87. The van der Waals surface area contributed by atoms with E-state index in [-0.39, 0.29) is 24.0 Å². The predicted molar refractivity (Wildman–Crippen MR) is 156 cm³/mol. The van der Waals surface area contributed by atoms with Gasteiger partial charge in [0.1, 0.15) is 17.5 Å². The van der Waals surface area contributed by atoms with Crippen molar-refractivity contribution in [3.05, 3.63) is 85.6 Å². The molecule has 2 aromatic carbocycles. The molecule has 1 aliphatic heterocycles. The summed E-state index contributed by atoms with van der Waals surface area (Å²) in [5, 5.41) is 10.6. The van der Waals surface area contributed by atoms with Gasteiger partial charge in [0.15, 0.2) is 4.80 Å². The molecule has 0 bridgehead atoms. The van der Waals surface area contributed by atoms with Crippen LogP contribution in [0.5, 0.6) is 11.5 Å². The minimum atomic E-state index is -0.776. The van der Waals surface area contributed by atoms with Crippen molar-refractivity contribution in [3.63, 3.8) is 0 Å². The van der Waals surface area contributed by atoms with Crippen LogP contribution in [0.2, 0.25) is 0 Å². The molecule has 0 saturated carbocycles. The molecule has 0 aliphatic carbocycles. The molecule has 0 fully saturated rings. The highest BCUT2D eigenvalue weighted by Gasteiger charge is 2.35. The number of esters is 1. The van der Waals surface area contributed by atoms with Crippen molar-refractivity contribution in [2.75, 3.05) is 6.61 Å². The average molecular weight is 730 g/mol. The number of carbonyl (C=O) groups is 1. The van der Waals surface area contributed by atoms with Crippen molar-refractivity contribution in [2.45, 2.75) is 39.8 Å². The number of hydrogen-bond acceptors (Lipinski definition) is 7. The summed E-state index contributed by atoms with van der Waals surface area (Å²) in [5.74, 6) is 0.160. The predicted octanol–water partition coefficient (Wildman–Crippen LogP) is 4.50. The van der Waals surface area contributed by atoms with Crippen molar-refractivity contribution >= 4 is 68.6 Å². The maximum Gasteiger partial charge on any atom is 0.338 e. The number of benzene rings is 2. The van der Waals surface area contributed by atoms with E-state index in [9.17, 15) is 14.7 Å². The first-order chi connectivity index (χ1) is 17.1. The molecule has 1 atom stereocenters. The van der Waals surface area contributed by atoms with E-state index >= 15 is 0 Å². The van der Waals surface area contributed by atoms with Crippen LogP contribution in [0.15, 0.2) is 57.5 Å². The minimum Gasteiger partial charge on any atom is -0.506 e. The number of aromatic nitrogens is 1. The Hall–Kier alpha value is -2.19. The largest absolute Gasteiger partial charge is 0.506 e. The van der Waals surface area contributed by atoms with E-state index < -0.39 is 12.0 Å². The second-order valence-corrected chi connectivity index (χ2v) is 11.7. The molecule has 1 aromatic heterocycles. The molecule has 1 N–H and O–H groups in total. The van der Waals surface area contributed by atoms with Gasteiger partial charge in [-0.3, -0.25) is 9.36 Å². The summed E-state index contributed by atoms with van der Waals surface area (Å²) < 4.78 is 15.0. The molecule has 10 heteroatoms. The molecule has 2 heterocycles. The van der Waals surface area contributed by atoms with Crippen LogP contribution >= 0.6 is 56.5 Å². The summed E-state index contributed by atoms with van der Waals surface area (Å²) >= 11 is 5.45. The number of phenols is 1. The Morgan fingerprint density at radius 3 is 2.69 bits per heavy atom. The highest BCUT2D eigenvalue weighted by molar-refractivity contribution is 14.1. The number of hydrogen-bond donors (Lipinski definition) is 1. The monoisotopic (exact) mass is 730 g/mol. The van der Waals surface area contributed by atoms with Crippen LogP contribution in [0.4, 0.5) is 0 Å². The van der Waals surface area contributed by atoms with Gasteiger partial charge in [0, 0.05) is 14.7 Å². The lowest BCUT2D eigenvalue weighted by molar-refractivity contribution is -0.139. The van der Waals surface area contributed by atoms with E-state index in [4.69, 9.17) is 9.47 Å². The van der Waals surface area contributed by atoms with Crippen molar-refractivity contribution in [1.82, 2.24) is 4.57 Å². The van der Waals surface area contributed by atoms with Crippen molar-refractivity contribution < 1.29 is 19.4 Å². The maximum absolute atomic E-state index is 13.8. The van der Waals surface area contributed by atoms with Crippen LogP contribution < -0.4 is 19.6 Å². The highest BCUT2D eigenvalue weighted by atomic mass is 127. The second kappa shape index (κ2) is 11.1. The molecule has 4 rings (SSSR count). The zero-order chi connectivity index (χ0) is 26.1. The topological polar surface area (TPSA) is 90.1 Å². The third-order valence-electron chi connectivity index (χ3n) is 5.44. The minimum absolute atomic E-state index is 0.107. The van der Waals surface area contributed by atoms with Crippen LogP contribution in [0.1, 0.15) is 44.9 Å². The Labute approximate surface area is 239 Å². The first-order valence-electron chi connectivity index (χ1n) is 11.3. The van der Waals surface area contributed by atoms with Gasteiger partial charge in [-0.15, -0.1) is 0 Å². The number of allylic oxidation sites excluding steroid dienone is 1. The summed E-state index contributed by atoms with van der Waals surface area (Å²) in [6.07, 6.45) is 1.56. The van der Waals surface area contributed by atoms with E-state index in [0.717, 1.165) is 3.57 Å². The van der Waals surface area contributed by atoms with E-state index in [1.165, 1.54) is 15.9 Å². The average Bonchev–Trinajstić information content (AvgIpc) is 3.11. The van der Waals surface area contributed by atoms with E-state index in [2.05, 4.69) is 50.2 Å². The Kier molecular flexibility index (Phi) is 8.25. The molecule has 0 unspecified atom stereocenters. The van der Waals surface area contributed by atoms with Crippen molar-refractivity contribution in [3.8, 4) is 11.5 Å². The molecule has 3 aromatic rings. The number of phenolic OH excluding ortho intramolecular Hbond substituents is 1. The molecule has 1 aliphatic rings. The number of carbonyl (C=O) groups excluding carboxylic acids is 1. The second-order valence-electron chi connectivity index (χ2n) is 8.33. The number of nitrogens with zero attached hydrogens (tertiary/aromatic N) is 2. The van der Waals surface area contributed by atoms with Gasteiger partial charge in [-0.25, -0.2) is 9.79 Å². The number of rotatable bonds is 6. The number of halogens is 2. The Bertz CT molecular complexity index is 1560. The molecule has 0 saturated heterocycles. The summed E-state index contributed by atoms with van der Waals surface area (Å²) in [6, 6.07) is 10.3. The van der Waals surface area contributed by atoms with Crippen LogP contribution in [-0.4, -0.2) is 28.4 Å². The Balaban J connectivity index is 2.01. The molecular formula is C26H24I2N2O5S. The van der Waals surface area contributed by atoms with Gasteiger partial charge < -0.3 is 14.6 Å². The first kappa shape index (κ1) is 26.9. The lowest BCUT2D eigenvalue weighted by Crippen LogP contribution is -2.40. The Morgan fingerprint density at radius 2 is 2.00 bits per heavy atom. The quantitative estimate of drug-likeness (QED) is 0.298. The zero-order valence-electron chi connectivity index (χ0n) is 20.0. The van der Waals surface area contributed by atoms with E-state index in [1.807, 2.05) is 50.2 Å². The van der Waals surface area contributed by atoms with Gasteiger partial charge >= 0.3 is 5.97 Å². The maximum atomic E-state index is 13.8. The molecule has 0 radical (unpaired) electrons. The summed E-state index contributed by atoms with van der Waals surface area (Å²) in [6.45, 7) is 7.52. The van der Waals surface area contributed by atoms with Gasteiger partial charge in [-0.1, -0.05) is 29.5 Å². The standard InChI is InChI=1S/C26H24I2N2O5S/c1-5-34-25(33)21-14(4)29-26-30(22(21)17-8-6-7-9-19(17)35-13(2)3)24(32)20(36-26)11-15-10-16(27)12-18(28)23(15)31/h6-13,22,31H,5H2,1-4H3/b20-11+/t22-/m0/s1. The van der Waals surface area contributed by atoms with Crippen LogP contribution in [0.3, 0.4) is 0 Å². The normalized spacial score (nSPS) is 15.6. The van der Waals surface area contributed by atoms with Gasteiger partial charge in [0.25, 0.3) is 5.56 Å². The summed E-state index contributed by atoms with van der Waals surface area (Å²) in [5.41, 5.74) is 1.67. The van der Waals surface area contributed by atoms with Gasteiger partial charge in [-0.2, -0.15) is 0 Å². The van der Waals surface area contributed by atoms with Gasteiger partial charge in [0.2, 0.25) is 0 Å². The fraction of sp³-hybridized carbons (Fsp3) is 0.269.